The summed E-state index contributed by atoms with van der Waals surface area (Å²) in [6, 6.07) is 7.51. The van der Waals surface area contributed by atoms with Crippen molar-refractivity contribution in [1.82, 2.24) is 4.98 Å². The number of aryl methyl sites for hydroxylation is 1. The molecule has 146 valence electrons. The molecule has 1 atom stereocenters. The summed E-state index contributed by atoms with van der Waals surface area (Å²) in [5, 5.41) is 0. The van der Waals surface area contributed by atoms with Gasteiger partial charge < -0.3 is 23.7 Å². The van der Waals surface area contributed by atoms with Gasteiger partial charge in [0.2, 0.25) is 5.75 Å². The number of nitrogens with zero attached hydrogens (tertiary/aromatic N) is 1. The lowest BCUT2D eigenvalue weighted by molar-refractivity contribution is -0.162. The van der Waals surface area contributed by atoms with Crippen molar-refractivity contribution in [2.45, 2.75) is 38.4 Å². The third-order valence-electron chi connectivity index (χ3n) is 4.50. The first-order chi connectivity index (χ1) is 13.3. The molecular formula is C21H27NO5. The minimum atomic E-state index is -0.0512. The standard InChI is InChI=1S/C21H27NO5/c1-23-17-8-5-9-18(24-2)21(17)27-19-15-22-12-11-16(19)7-6-14-26-20-10-3-4-13-25-20/h5,8-9,11-12,15,20H,3-4,6-7,10,13-14H2,1-2H3. The SMILES string of the molecule is COc1cccc(OC)c1Oc1cnccc1CCCOC1CCCCO1. The summed E-state index contributed by atoms with van der Waals surface area (Å²) >= 11 is 0. The van der Waals surface area contributed by atoms with Crippen molar-refractivity contribution in [2.24, 2.45) is 0 Å². The van der Waals surface area contributed by atoms with Crippen LogP contribution in [-0.4, -0.2) is 38.7 Å². The van der Waals surface area contributed by atoms with E-state index in [0.717, 1.165) is 37.9 Å². The Bertz CT molecular complexity index is 693. The molecule has 3 rings (SSSR count). The molecule has 0 N–H and O–H groups in total. The number of para-hydroxylation sites is 1. The van der Waals surface area contributed by atoms with Gasteiger partial charge in [0, 0.05) is 12.8 Å². The second kappa shape index (κ2) is 10.1. The maximum absolute atomic E-state index is 6.12. The number of methoxy groups -OCH3 is 2. The molecule has 1 saturated heterocycles. The van der Waals surface area contributed by atoms with Gasteiger partial charge in [-0.1, -0.05) is 6.07 Å². The van der Waals surface area contributed by atoms with Crippen LogP contribution >= 0.6 is 0 Å². The predicted molar refractivity (Wildman–Crippen MR) is 102 cm³/mol. The van der Waals surface area contributed by atoms with E-state index >= 15 is 0 Å². The zero-order valence-corrected chi connectivity index (χ0v) is 16.0. The Balaban J connectivity index is 1.62. The van der Waals surface area contributed by atoms with Crippen LogP contribution in [0.5, 0.6) is 23.0 Å². The van der Waals surface area contributed by atoms with Crippen LogP contribution in [0.1, 0.15) is 31.2 Å². The van der Waals surface area contributed by atoms with Crippen LogP contribution in [0.3, 0.4) is 0 Å². The Morgan fingerprint density at radius 2 is 1.89 bits per heavy atom. The number of aromatic nitrogens is 1. The third-order valence-corrected chi connectivity index (χ3v) is 4.50. The van der Waals surface area contributed by atoms with Crippen molar-refractivity contribution in [3.8, 4) is 23.0 Å². The highest BCUT2D eigenvalue weighted by Gasteiger charge is 2.16. The van der Waals surface area contributed by atoms with Gasteiger partial charge in [0.1, 0.15) is 5.75 Å². The van der Waals surface area contributed by atoms with Crippen molar-refractivity contribution < 1.29 is 23.7 Å². The van der Waals surface area contributed by atoms with E-state index in [-0.39, 0.29) is 6.29 Å². The van der Waals surface area contributed by atoms with E-state index < -0.39 is 0 Å². The van der Waals surface area contributed by atoms with Crippen LogP contribution in [0.15, 0.2) is 36.7 Å². The fourth-order valence-corrected chi connectivity index (χ4v) is 3.05. The Hall–Kier alpha value is -2.31. The molecule has 1 aliphatic rings. The van der Waals surface area contributed by atoms with Crippen LogP contribution < -0.4 is 14.2 Å². The first-order valence-electron chi connectivity index (χ1n) is 9.36. The van der Waals surface area contributed by atoms with Crippen LogP contribution in [-0.2, 0) is 15.9 Å². The Morgan fingerprint density at radius 3 is 2.59 bits per heavy atom. The van der Waals surface area contributed by atoms with Gasteiger partial charge in [-0.05, 0) is 55.9 Å². The maximum atomic E-state index is 6.12. The predicted octanol–water partition coefficient (Wildman–Crippen LogP) is 4.37. The lowest BCUT2D eigenvalue weighted by Gasteiger charge is -2.22. The van der Waals surface area contributed by atoms with E-state index in [0.29, 0.717) is 29.6 Å². The molecule has 0 aliphatic carbocycles. The first kappa shape index (κ1) is 19.5. The summed E-state index contributed by atoms with van der Waals surface area (Å²) in [7, 11) is 3.22. The fourth-order valence-electron chi connectivity index (χ4n) is 3.05. The molecule has 2 heterocycles. The van der Waals surface area contributed by atoms with E-state index in [4.69, 9.17) is 23.7 Å². The number of hydrogen-bond acceptors (Lipinski definition) is 6. The molecule has 6 heteroatoms. The van der Waals surface area contributed by atoms with E-state index in [1.165, 1.54) is 6.42 Å². The molecule has 1 unspecified atom stereocenters. The molecular weight excluding hydrogens is 346 g/mol. The molecule has 1 fully saturated rings. The second-order valence-corrected chi connectivity index (χ2v) is 6.35. The van der Waals surface area contributed by atoms with E-state index in [1.54, 1.807) is 26.6 Å². The second-order valence-electron chi connectivity index (χ2n) is 6.35. The topological polar surface area (TPSA) is 59.0 Å². The molecule has 0 spiro atoms. The number of hydrogen-bond donors (Lipinski definition) is 0. The number of benzene rings is 1. The van der Waals surface area contributed by atoms with Crippen molar-refractivity contribution in [1.29, 1.82) is 0 Å². The summed E-state index contributed by atoms with van der Waals surface area (Å²) < 4.78 is 28.4. The monoisotopic (exact) mass is 373 g/mol. The smallest absolute Gasteiger partial charge is 0.211 e. The molecule has 0 bridgehead atoms. The summed E-state index contributed by atoms with van der Waals surface area (Å²) in [6.07, 6.45) is 8.42. The van der Waals surface area contributed by atoms with Gasteiger partial charge in [-0.15, -0.1) is 0 Å². The van der Waals surface area contributed by atoms with E-state index in [2.05, 4.69) is 4.98 Å². The minimum absolute atomic E-state index is 0.0512. The molecule has 1 aromatic heterocycles. The van der Waals surface area contributed by atoms with Gasteiger partial charge in [-0.2, -0.15) is 0 Å². The summed E-state index contributed by atoms with van der Waals surface area (Å²) in [5.74, 6) is 2.46. The normalized spacial score (nSPS) is 16.7. The molecule has 1 aliphatic heterocycles. The average molecular weight is 373 g/mol. The molecule has 0 amide bonds. The van der Waals surface area contributed by atoms with Gasteiger partial charge in [-0.3, -0.25) is 4.98 Å². The van der Waals surface area contributed by atoms with Crippen LogP contribution in [0, 0.1) is 0 Å². The number of pyridine rings is 1. The lowest BCUT2D eigenvalue weighted by atomic mass is 10.1. The third kappa shape index (κ3) is 5.34. The zero-order valence-electron chi connectivity index (χ0n) is 16.0. The molecule has 0 saturated carbocycles. The fraction of sp³-hybridized carbons (Fsp3) is 0.476. The van der Waals surface area contributed by atoms with Gasteiger partial charge in [0.05, 0.1) is 27.0 Å². The highest BCUT2D eigenvalue weighted by atomic mass is 16.7. The first-order valence-corrected chi connectivity index (χ1v) is 9.36. The highest BCUT2D eigenvalue weighted by molar-refractivity contribution is 5.53. The highest BCUT2D eigenvalue weighted by Crippen LogP contribution is 2.40. The van der Waals surface area contributed by atoms with Gasteiger partial charge in [-0.25, -0.2) is 0 Å². The van der Waals surface area contributed by atoms with Crippen LogP contribution in [0.4, 0.5) is 0 Å². The van der Waals surface area contributed by atoms with Crippen molar-refractivity contribution >= 4 is 0 Å². The van der Waals surface area contributed by atoms with Crippen LogP contribution in [0.2, 0.25) is 0 Å². The molecule has 1 aromatic carbocycles. The quantitative estimate of drug-likeness (QED) is 0.609. The van der Waals surface area contributed by atoms with E-state index in [9.17, 15) is 0 Å². The average Bonchev–Trinajstić information content (AvgIpc) is 2.73. The molecule has 0 radical (unpaired) electrons. The zero-order chi connectivity index (χ0) is 18.9. The van der Waals surface area contributed by atoms with Gasteiger partial charge in [0.25, 0.3) is 0 Å². The van der Waals surface area contributed by atoms with Crippen molar-refractivity contribution in [3.05, 3.63) is 42.2 Å². The lowest BCUT2D eigenvalue weighted by Crippen LogP contribution is -2.22. The molecule has 27 heavy (non-hydrogen) atoms. The Labute approximate surface area is 160 Å². The summed E-state index contributed by atoms with van der Waals surface area (Å²) in [4.78, 5) is 4.20. The van der Waals surface area contributed by atoms with E-state index in [1.807, 2.05) is 24.3 Å². The van der Waals surface area contributed by atoms with Gasteiger partial charge in [0.15, 0.2) is 17.8 Å². The Morgan fingerprint density at radius 1 is 1.07 bits per heavy atom. The van der Waals surface area contributed by atoms with Gasteiger partial charge >= 0.3 is 0 Å². The summed E-state index contributed by atoms with van der Waals surface area (Å²) in [5.41, 5.74) is 1.06. The maximum Gasteiger partial charge on any atom is 0.211 e. The molecule has 6 nitrogen and oxygen atoms in total. The summed E-state index contributed by atoms with van der Waals surface area (Å²) in [6.45, 7) is 1.46. The largest absolute Gasteiger partial charge is 0.493 e. The Kier molecular flexibility index (Phi) is 7.30. The number of rotatable bonds is 9. The minimum Gasteiger partial charge on any atom is -0.493 e. The van der Waals surface area contributed by atoms with Crippen molar-refractivity contribution in [3.63, 3.8) is 0 Å². The van der Waals surface area contributed by atoms with Crippen molar-refractivity contribution in [2.75, 3.05) is 27.4 Å². The molecule has 2 aromatic rings. The number of ether oxygens (including phenoxy) is 5. The van der Waals surface area contributed by atoms with Crippen LogP contribution in [0.25, 0.3) is 0 Å².